The number of benzene rings is 1. The van der Waals surface area contributed by atoms with Crippen molar-refractivity contribution < 1.29 is 19.1 Å². The molecule has 1 saturated carbocycles. The SMILES string of the molecule is CNC(=O)[C@@H]1CCCC[C@H]1NC(=O)c1c(O)cccc1F. The van der Waals surface area contributed by atoms with Gasteiger partial charge in [-0.25, -0.2) is 4.39 Å². The summed E-state index contributed by atoms with van der Waals surface area (Å²) in [6, 6.07) is 3.36. The number of hydrogen-bond acceptors (Lipinski definition) is 3. The number of phenols is 1. The van der Waals surface area contributed by atoms with Crippen LogP contribution < -0.4 is 10.6 Å². The molecule has 1 aromatic carbocycles. The third-order valence-electron chi connectivity index (χ3n) is 3.88. The molecule has 0 saturated heterocycles. The number of nitrogens with one attached hydrogen (secondary N) is 2. The Morgan fingerprint density at radius 1 is 1.29 bits per heavy atom. The van der Waals surface area contributed by atoms with Gasteiger partial charge in [-0.15, -0.1) is 0 Å². The van der Waals surface area contributed by atoms with Crippen LogP contribution in [0.4, 0.5) is 4.39 Å². The van der Waals surface area contributed by atoms with Gasteiger partial charge in [0.1, 0.15) is 17.1 Å². The topological polar surface area (TPSA) is 78.4 Å². The molecule has 0 spiro atoms. The summed E-state index contributed by atoms with van der Waals surface area (Å²) in [4.78, 5) is 24.0. The van der Waals surface area contributed by atoms with Crippen LogP contribution in [0.2, 0.25) is 0 Å². The Hall–Kier alpha value is -2.11. The first kappa shape index (κ1) is 15.3. The minimum atomic E-state index is -0.778. The lowest BCUT2D eigenvalue weighted by molar-refractivity contribution is -0.126. The predicted octanol–water partition coefficient (Wildman–Crippen LogP) is 1.57. The minimum Gasteiger partial charge on any atom is -0.507 e. The van der Waals surface area contributed by atoms with Gasteiger partial charge in [0.25, 0.3) is 5.91 Å². The van der Waals surface area contributed by atoms with Crippen LogP contribution >= 0.6 is 0 Å². The van der Waals surface area contributed by atoms with E-state index in [-0.39, 0.29) is 23.4 Å². The second kappa shape index (κ2) is 6.56. The second-order valence-electron chi connectivity index (χ2n) is 5.22. The molecular weight excluding hydrogens is 275 g/mol. The predicted molar refractivity (Wildman–Crippen MR) is 75.3 cm³/mol. The zero-order chi connectivity index (χ0) is 15.4. The lowest BCUT2D eigenvalue weighted by Gasteiger charge is -2.31. The molecule has 6 heteroatoms. The van der Waals surface area contributed by atoms with Crippen LogP contribution in [0.25, 0.3) is 0 Å². The molecule has 0 aliphatic heterocycles. The summed E-state index contributed by atoms with van der Waals surface area (Å²) < 4.78 is 13.7. The summed E-state index contributed by atoms with van der Waals surface area (Å²) in [5.41, 5.74) is -0.376. The zero-order valence-corrected chi connectivity index (χ0v) is 11.9. The number of amides is 2. The smallest absolute Gasteiger partial charge is 0.258 e. The normalized spacial score (nSPS) is 21.6. The van der Waals surface area contributed by atoms with Crippen LogP contribution in [0, 0.1) is 11.7 Å². The Balaban J connectivity index is 2.15. The van der Waals surface area contributed by atoms with E-state index in [9.17, 15) is 19.1 Å². The van der Waals surface area contributed by atoms with Crippen LogP contribution in [-0.4, -0.2) is 30.0 Å². The van der Waals surface area contributed by atoms with Crippen LogP contribution in [0.3, 0.4) is 0 Å². The number of hydrogen-bond donors (Lipinski definition) is 3. The molecule has 3 N–H and O–H groups in total. The molecule has 1 aliphatic carbocycles. The molecule has 0 bridgehead atoms. The van der Waals surface area contributed by atoms with E-state index in [1.165, 1.54) is 12.1 Å². The van der Waals surface area contributed by atoms with E-state index in [1.807, 2.05) is 0 Å². The quantitative estimate of drug-likeness (QED) is 0.791. The fourth-order valence-corrected chi connectivity index (χ4v) is 2.78. The minimum absolute atomic E-state index is 0.127. The molecular formula is C15H19FN2O3. The fourth-order valence-electron chi connectivity index (χ4n) is 2.78. The molecule has 0 aromatic heterocycles. The average Bonchev–Trinajstić information content (AvgIpc) is 2.47. The second-order valence-corrected chi connectivity index (χ2v) is 5.22. The van der Waals surface area contributed by atoms with Crippen molar-refractivity contribution in [1.82, 2.24) is 10.6 Å². The van der Waals surface area contributed by atoms with Crippen molar-refractivity contribution in [2.45, 2.75) is 31.7 Å². The van der Waals surface area contributed by atoms with Gasteiger partial charge in [-0.05, 0) is 25.0 Å². The van der Waals surface area contributed by atoms with Crippen molar-refractivity contribution in [2.24, 2.45) is 5.92 Å². The molecule has 1 fully saturated rings. The highest BCUT2D eigenvalue weighted by Gasteiger charge is 2.32. The van der Waals surface area contributed by atoms with Crippen molar-refractivity contribution in [3.05, 3.63) is 29.6 Å². The Labute approximate surface area is 122 Å². The van der Waals surface area contributed by atoms with Crippen molar-refractivity contribution in [3.8, 4) is 5.75 Å². The van der Waals surface area contributed by atoms with Gasteiger partial charge in [0, 0.05) is 13.1 Å². The van der Waals surface area contributed by atoms with E-state index in [0.717, 1.165) is 18.9 Å². The third kappa shape index (κ3) is 3.32. The lowest BCUT2D eigenvalue weighted by atomic mass is 9.83. The number of aromatic hydroxyl groups is 1. The summed E-state index contributed by atoms with van der Waals surface area (Å²) in [6.45, 7) is 0. The summed E-state index contributed by atoms with van der Waals surface area (Å²) in [7, 11) is 1.55. The molecule has 0 radical (unpaired) electrons. The molecule has 2 rings (SSSR count). The Morgan fingerprint density at radius 3 is 2.67 bits per heavy atom. The van der Waals surface area contributed by atoms with Crippen LogP contribution in [-0.2, 0) is 4.79 Å². The number of halogens is 1. The van der Waals surface area contributed by atoms with Gasteiger partial charge in [0.15, 0.2) is 0 Å². The van der Waals surface area contributed by atoms with Crippen LogP contribution in [0.15, 0.2) is 18.2 Å². The standard InChI is InChI=1S/C15H19FN2O3/c1-17-14(20)9-5-2-3-7-11(9)18-15(21)13-10(16)6-4-8-12(13)19/h4,6,8-9,11,19H,2-3,5,7H2,1H3,(H,17,20)(H,18,21)/t9-,11-/m1/s1. The monoisotopic (exact) mass is 294 g/mol. The van der Waals surface area contributed by atoms with Gasteiger partial charge in [0.2, 0.25) is 5.91 Å². The first-order chi connectivity index (χ1) is 10.0. The van der Waals surface area contributed by atoms with Gasteiger partial charge < -0.3 is 15.7 Å². The molecule has 114 valence electrons. The van der Waals surface area contributed by atoms with Gasteiger partial charge >= 0.3 is 0 Å². The Kier molecular flexibility index (Phi) is 4.77. The molecule has 5 nitrogen and oxygen atoms in total. The fraction of sp³-hybridized carbons (Fsp3) is 0.467. The van der Waals surface area contributed by atoms with Crippen LogP contribution in [0.5, 0.6) is 5.75 Å². The highest BCUT2D eigenvalue weighted by Crippen LogP contribution is 2.26. The summed E-state index contributed by atoms with van der Waals surface area (Å²) >= 11 is 0. The van der Waals surface area contributed by atoms with Gasteiger partial charge in [-0.1, -0.05) is 18.9 Å². The molecule has 2 amide bonds. The number of phenolic OH excluding ortho intramolecular Hbond substituents is 1. The zero-order valence-electron chi connectivity index (χ0n) is 11.9. The highest BCUT2D eigenvalue weighted by molar-refractivity contribution is 5.97. The van der Waals surface area contributed by atoms with Crippen molar-refractivity contribution >= 4 is 11.8 Å². The van der Waals surface area contributed by atoms with E-state index in [0.29, 0.717) is 12.8 Å². The largest absolute Gasteiger partial charge is 0.507 e. The van der Waals surface area contributed by atoms with E-state index < -0.39 is 17.5 Å². The Morgan fingerprint density at radius 2 is 2.00 bits per heavy atom. The summed E-state index contributed by atoms with van der Waals surface area (Å²) in [6.07, 6.45) is 3.18. The first-order valence-electron chi connectivity index (χ1n) is 7.04. The number of carbonyl (C=O) groups is 2. The van der Waals surface area contributed by atoms with Gasteiger partial charge in [0.05, 0.1) is 5.92 Å². The number of carbonyl (C=O) groups excluding carboxylic acids is 2. The maximum absolute atomic E-state index is 13.7. The molecule has 2 atom stereocenters. The van der Waals surface area contributed by atoms with Gasteiger partial charge in [-0.3, -0.25) is 9.59 Å². The molecule has 21 heavy (non-hydrogen) atoms. The van der Waals surface area contributed by atoms with Gasteiger partial charge in [-0.2, -0.15) is 0 Å². The first-order valence-corrected chi connectivity index (χ1v) is 7.04. The van der Waals surface area contributed by atoms with E-state index in [4.69, 9.17) is 0 Å². The van der Waals surface area contributed by atoms with Crippen molar-refractivity contribution in [3.63, 3.8) is 0 Å². The molecule has 1 aromatic rings. The molecule has 0 unspecified atom stereocenters. The van der Waals surface area contributed by atoms with E-state index >= 15 is 0 Å². The van der Waals surface area contributed by atoms with Crippen molar-refractivity contribution in [2.75, 3.05) is 7.05 Å². The third-order valence-corrected chi connectivity index (χ3v) is 3.88. The van der Waals surface area contributed by atoms with E-state index in [2.05, 4.69) is 10.6 Å². The number of rotatable bonds is 3. The van der Waals surface area contributed by atoms with Crippen molar-refractivity contribution in [1.29, 1.82) is 0 Å². The lowest BCUT2D eigenvalue weighted by Crippen LogP contribution is -2.47. The average molecular weight is 294 g/mol. The van der Waals surface area contributed by atoms with Crippen LogP contribution in [0.1, 0.15) is 36.0 Å². The maximum Gasteiger partial charge on any atom is 0.258 e. The summed E-state index contributed by atoms with van der Waals surface area (Å²) in [5, 5.41) is 14.9. The molecule has 1 aliphatic rings. The molecule has 0 heterocycles. The highest BCUT2D eigenvalue weighted by atomic mass is 19.1. The summed E-state index contributed by atoms with van der Waals surface area (Å²) in [5.74, 6) is -2.31. The van der Waals surface area contributed by atoms with E-state index in [1.54, 1.807) is 7.05 Å². The Bertz CT molecular complexity index is 527. The maximum atomic E-state index is 13.7.